The largest absolute Gasteiger partial charge is 0.481 e. The van der Waals surface area contributed by atoms with Crippen molar-refractivity contribution in [2.24, 2.45) is 11.8 Å². The van der Waals surface area contributed by atoms with Crippen molar-refractivity contribution in [1.82, 2.24) is 0 Å². The minimum absolute atomic E-state index is 0.00940. The fraction of sp³-hybridized carbons (Fsp3) is 0.600. The summed E-state index contributed by atoms with van der Waals surface area (Å²) in [5.41, 5.74) is 0. The van der Waals surface area contributed by atoms with Gasteiger partial charge in [0.05, 0.1) is 0 Å². The lowest BCUT2D eigenvalue weighted by atomic mass is 9.91. The van der Waals surface area contributed by atoms with Crippen LogP contribution in [-0.2, 0) is 9.59 Å². The number of rotatable bonds is 12. The molecule has 0 heterocycles. The molecule has 128 valence electrons. The van der Waals surface area contributed by atoms with Crippen molar-refractivity contribution in [1.29, 1.82) is 0 Å². The van der Waals surface area contributed by atoms with Crippen molar-refractivity contribution in [2.75, 3.05) is 0 Å². The molecule has 0 bridgehead atoms. The molecule has 3 nitrogen and oxygen atoms in total. The highest BCUT2D eigenvalue weighted by Gasteiger charge is 2.26. The first-order valence-corrected chi connectivity index (χ1v) is 8.90. The Morgan fingerprint density at radius 1 is 1.13 bits per heavy atom. The summed E-state index contributed by atoms with van der Waals surface area (Å²) in [6.45, 7) is 2.21. The molecule has 0 aliphatic heterocycles. The number of hydrogen-bond acceptors (Lipinski definition) is 2. The summed E-state index contributed by atoms with van der Waals surface area (Å²) in [7, 11) is 0. The molecule has 1 N–H and O–H groups in total. The average molecular weight is 318 g/mol. The Labute approximate surface area is 140 Å². The first-order valence-electron chi connectivity index (χ1n) is 8.90. The lowest BCUT2D eigenvalue weighted by Gasteiger charge is -2.12. The molecule has 2 atom stereocenters. The van der Waals surface area contributed by atoms with Crippen LogP contribution in [0.4, 0.5) is 0 Å². The van der Waals surface area contributed by atoms with Gasteiger partial charge in [-0.15, -0.1) is 0 Å². The standard InChI is InChI=1S/C20H30O3/c1-2-3-4-5-6-10-13-18-17(15-16-19(18)21)12-9-7-8-11-14-20(22)23/h7,9-10,13,15-18H,2-6,8,11-12,14H2,1H3,(H,22,23)/b9-7+,13-10+. The number of ketones is 1. The molecule has 0 aromatic carbocycles. The van der Waals surface area contributed by atoms with Crippen molar-refractivity contribution in [3.05, 3.63) is 36.5 Å². The van der Waals surface area contributed by atoms with Gasteiger partial charge in [-0.3, -0.25) is 9.59 Å². The Balaban J connectivity index is 2.28. The van der Waals surface area contributed by atoms with Gasteiger partial charge in [0.2, 0.25) is 0 Å². The van der Waals surface area contributed by atoms with Gasteiger partial charge in [-0.25, -0.2) is 0 Å². The van der Waals surface area contributed by atoms with Crippen LogP contribution >= 0.6 is 0 Å². The van der Waals surface area contributed by atoms with Gasteiger partial charge in [-0.2, -0.15) is 0 Å². The van der Waals surface area contributed by atoms with Gasteiger partial charge in [0.1, 0.15) is 0 Å². The highest BCUT2D eigenvalue weighted by Crippen LogP contribution is 2.27. The van der Waals surface area contributed by atoms with E-state index in [2.05, 4.69) is 25.2 Å². The first kappa shape index (κ1) is 19.4. The topological polar surface area (TPSA) is 54.4 Å². The van der Waals surface area contributed by atoms with E-state index in [-0.39, 0.29) is 24.0 Å². The molecule has 3 heteroatoms. The van der Waals surface area contributed by atoms with E-state index in [1.807, 2.05) is 12.2 Å². The third-order valence-electron chi connectivity index (χ3n) is 4.20. The van der Waals surface area contributed by atoms with Crippen LogP contribution in [-0.4, -0.2) is 16.9 Å². The van der Waals surface area contributed by atoms with E-state index in [1.165, 1.54) is 25.7 Å². The van der Waals surface area contributed by atoms with Crippen LogP contribution in [0.2, 0.25) is 0 Å². The van der Waals surface area contributed by atoms with Gasteiger partial charge < -0.3 is 5.11 Å². The molecule has 0 radical (unpaired) electrons. The number of carbonyl (C=O) groups is 2. The van der Waals surface area contributed by atoms with E-state index in [9.17, 15) is 9.59 Å². The van der Waals surface area contributed by atoms with Crippen molar-refractivity contribution in [3.63, 3.8) is 0 Å². The summed E-state index contributed by atoms with van der Waals surface area (Å²) in [4.78, 5) is 22.4. The van der Waals surface area contributed by atoms with Crippen LogP contribution in [0.25, 0.3) is 0 Å². The lowest BCUT2D eigenvalue weighted by molar-refractivity contribution is -0.137. The Bertz CT molecular complexity index is 446. The van der Waals surface area contributed by atoms with Crippen LogP contribution in [0.15, 0.2) is 36.5 Å². The van der Waals surface area contributed by atoms with Crippen LogP contribution < -0.4 is 0 Å². The minimum Gasteiger partial charge on any atom is -0.481 e. The van der Waals surface area contributed by atoms with Gasteiger partial charge in [-0.05, 0) is 44.1 Å². The van der Waals surface area contributed by atoms with Gasteiger partial charge in [0, 0.05) is 12.3 Å². The first-order chi connectivity index (χ1) is 11.1. The smallest absolute Gasteiger partial charge is 0.303 e. The van der Waals surface area contributed by atoms with Crippen LogP contribution in [0.5, 0.6) is 0 Å². The quantitative estimate of drug-likeness (QED) is 0.403. The number of carboxylic acid groups (broad SMARTS) is 1. The van der Waals surface area contributed by atoms with E-state index < -0.39 is 5.97 Å². The summed E-state index contributed by atoms with van der Waals surface area (Å²) in [6, 6.07) is 0. The van der Waals surface area contributed by atoms with Crippen molar-refractivity contribution >= 4 is 11.8 Å². The molecule has 1 rings (SSSR count). The maximum atomic E-state index is 11.9. The summed E-state index contributed by atoms with van der Waals surface area (Å²) in [5, 5.41) is 8.58. The van der Waals surface area contributed by atoms with Crippen LogP contribution in [0.3, 0.4) is 0 Å². The number of aliphatic carboxylic acids is 1. The zero-order chi connectivity index (χ0) is 16.9. The molecule has 0 aromatic rings. The Morgan fingerprint density at radius 2 is 1.91 bits per heavy atom. The number of carboxylic acids is 1. The molecular formula is C20H30O3. The lowest BCUT2D eigenvalue weighted by Crippen LogP contribution is -2.12. The molecule has 0 fully saturated rings. The van der Waals surface area contributed by atoms with E-state index in [0.29, 0.717) is 6.42 Å². The third kappa shape index (κ3) is 8.53. The zero-order valence-electron chi connectivity index (χ0n) is 14.2. The fourth-order valence-electron chi connectivity index (χ4n) is 2.80. The highest BCUT2D eigenvalue weighted by molar-refractivity contribution is 5.95. The third-order valence-corrected chi connectivity index (χ3v) is 4.20. The Morgan fingerprint density at radius 3 is 2.65 bits per heavy atom. The number of hydrogen-bond donors (Lipinski definition) is 1. The summed E-state index contributed by atoms with van der Waals surface area (Å²) in [6.07, 6.45) is 20.6. The van der Waals surface area contributed by atoms with Gasteiger partial charge in [-0.1, -0.05) is 56.6 Å². The Kier molecular flexibility index (Phi) is 10.0. The molecule has 1 aliphatic rings. The molecular weight excluding hydrogens is 288 g/mol. The van der Waals surface area contributed by atoms with Gasteiger partial charge in [0.25, 0.3) is 0 Å². The minimum atomic E-state index is -0.744. The molecule has 0 saturated heterocycles. The van der Waals surface area contributed by atoms with Gasteiger partial charge in [0.15, 0.2) is 5.78 Å². The van der Waals surface area contributed by atoms with Crippen LogP contribution in [0, 0.1) is 11.8 Å². The molecule has 1 aliphatic carbocycles. The van der Waals surface area contributed by atoms with E-state index in [0.717, 1.165) is 19.3 Å². The SMILES string of the molecule is CCCCCC/C=C/C1C(=O)C=CC1C/C=C/CCCC(=O)O. The van der Waals surface area contributed by atoms with E-state index >= 15 is 0 Å². The van der Waals surface area contributed by atoms with Crippen molar-refractivity contribution in [2.45, 2.75) is 64.7 Å². The predicted octanol–water partition coefficient (Wildman–Crippen LogP) is 5.09. The monoisotopic (exact) mass is 318 g/mol. The number of carbonyl (C=O) groups excluding carboxylic acids is 1. The molecule has 0 aromatic heterocycles. The maximum absolute atomic E-state index is 11.9. The van der Waals surface area contributed by atoms with Gasteiger partial charge >= 0.3 is 5.97 Å². The van der Waals surface area contributed by atoms with E-state index in [1.54, 1.807) is 6.08 Å². The summed E-state index contributed by atoms with van der Waals surface area (Å²) < 4.78 is 0. The summed E-state index contributed by atoms with van der Waals surface area (Å²) >= 11 is 0. The average Bonchev–Trinajstić information content (AvgIpc) is 2.86. The summed E-state index contributed by atoms with van der Waals surface area (Å²) in [5.74, 6) is -0.291. The van der Waals surface area contributed by atoms with Crippen molar-refractivity contribution < 1.29 is 14.7 Å². The Hall–Kier alpha value is -1.64. The van der Waals surface area contributed by atoms with E-state index in [4.69, 9.17) is 5.11 Å². The second kappa shape index (κ2) is 11.9. The zero-order valence-corrected chi connectivity index (χ0v) is 14.2. The molecule has 2 unspecified atom stereocenters. The second-order valence-electron chi connectivity index (χ2n) is 6.22. The molecule has 0 spiro atoms. The maximum Gasteiger partial charge on any atom is 0.303 e. The second-order valence-corrected chi connectivity index (χ2v) is 6.22. The normalized spacial score (nSPS) is 21.0. The fourth-order valence-corrected chi connectivity index (χ4v) is 2.80. The molecule has 23 heavy (non-hydrogen) atoms. The van der Waals surface area contributed by atoms with Crippen molar-refractivity contribution in [3.8, 4) is 0 Å². The molecule has 0 amide bonds. The van der Waals surface area contributed by atoms with Crippen LogP contribution in [0.1, 0.15) is 64.7 Å². The molecule has 0 saturated carbocycles. The number of unbranched alkanes of at least 4 members (excludes halogenated alkanes) is 5. The predicted molar refractivity (Wildman–Crippen MR) is 94.3 cm³/mol. The number of allylic oxidation sites excluding steroid dienone is 6. The highest BCUT2D eigenvalue weighted by atomic mass is 16.4.